The molecule has 2 rings (SSSR count). The Morgan fingerprint density at radius 2 is 1.69 bits per heavy atom. The fourth-order valence-corrected chi connectivity index (χ4v) is 3.18. The van der Waals surface area contributed by atoms with Gasteiger partial charge in [-0.15, -0.1) is 0 Å². The van der Waals surface area contributed by atoms with E-state index in [1.54, 1.807) is 0 Å². The van der Waals surface area contributed by atoms with Crippen LogP contribution in [0.15, 0.2) is 11.3 Å². The summed E-state index contributed by atoms with van der Waals surface area (Å²) in [4.78, 5) is 14.5. The van der Waals surface area contributed by atoms with Crippen LogP contribution in [0.4, 0.5) is 0 Å². The van der Waals surface area contributed by atoms with Gasteiger partial charge in [0.15, 0.2) is 5.78 Å². The summed E-state index contributed by atoms with van der Waals surface area (Å²) in [6, 6.07) is 0. The molecule has 1 aliphatic carbocycles. The van der Waals surface area contributed by atoms with E-state index in [-0.39, 0.29) is 5.41 Å². The zero-order chi connectivity index (χ0) is 11.8. The smallest absolute Gasteiger partial charge is 0.179 e. The number of likely N-dealkylation sites (tertiary alicyclic amines) is 1. The maximum atomic E-state index is 12.2. The highest BCUT2D eigenvalue weighted by Gasteiger charge is 2.33. The van der Waals surface area contributed by atoms with E-state index in [9.17, 15) is 4.79 Å². The molecule has 2 nitrogen and oxygen atoms in total. The highest BCUT2D eigenvalue weighted by atomic mass is 16.1. The van der Waals surface area contributed by atoms with Gasteiger partial charge in [0.25, 0.3) is 0 Å². The van der Waals surface area contributed by atoms with E-state index in [4.69, 9.17) is 0 Å². The fraction of sp³-hybridized carbons (Fsp3) is 0.786. The highest BCUT2D eigenvalue weighted by molar-refractivity contribution is 5.96. The van der Waals surface area contributed by atoms with Gasteiger partial charge < -0.3 is 4.90 Å². The molecule has 1 heterocycles. The third-order valence-electron chi connectivity index (χ3n) is 3.72. The predicted molar refractivity (Wildman–Crippen MR) is 66.1 cm³/mol. The van der Waals surface area contributed by atoms with Gasteiger partial charge in [-0.3, -0.25) is 4.79 Å². The van der Waals surface area contributed by atoms with Crippen LogP contribution in [-0.2, 0) is 4.79 Å². The Hall–Kier alpha value is -0.790. The quantitative estimate of drug-likeness (QED) is 0.678. The summed E-state index contributed by atoms with van der Waals surface area (Å²) >= 11 is 0. The van der Waals surface area contributed by atoms with Crippen molar-refractivity contribution in [2.24, 2.45) is 5.41 Å². The van der Waals surface area contributed by atoms with Gasteiger partial charge >= 0.3 is 0 Å². The van der Waals surface area contributed by atoms with Crippen LogP contribution < -0.4 is 0 Å². The Bertz CT molecular complexity index is 322. The van der Waals surface area contributed by atoms with E-state index in [0.717, 1.165) is 31.6 Å². The van der Waals surface area contributed by atoms with Gasteiger partial charge in [-0.1, -0.05) is 13.8 Å². The third kappa shape index (κ3) is 2.31. The lowest BCUT2D eigenvalue weighted by atomic mass is 9.75. The van der Waals surface area contributed by atoms with Gasteiger partial charge in [0.2, 0.25) is 0 Å². The van der Waals surface area contributed by atoms with E-state index in [0.29, 0.717) is 5.78 Å². The molecule has 0 aromatic carbocycles. The van der Waals surface area contributed by atoms with Crippen LogP contribution in [0.5, 0.6) is 0 Å². The SMILES string of the molecule is CC1=C(N2CCCCC2)C(=O)CC(C)(C)C1. The Kier molecular flexibility index (Phi) is 3.09. The van der Waals surface area contributed by atoms with Crippen molar-refractivity contribution in [1.82, 2.24) is 4.90 Å². The van der Waals surface area contributed by atoms with Crippen LogP contribution in [0.2, 0.25) is 0 Å². The molecule has 0 atom stereocenters. The molecule has 1 saturated heterocycles. The summed E-state index contributed by atoms with van der Waals surface area (Å²) < 4.78 is 0. The standard InChI is InChI=1S/C14H23NO/c1-11-9-14(2,3)10-12(16)13(11)15-7-5-4-6-8-15/h4-10H2,1-3H3. The molecule has 2 aliphatic rings. The third-order valence-corrected chi connectivity index (χ3v) is 3.72. The van der Waals surface area contributed by atoms with E-state index in [2.05, 4.69) is 25.7 Å². The van der Waals surface area contributed by atoms with Gasteiger partial charge in [0.1, 0.15) is 0 Å². The Labute approximate surface area is 98.7 Å². The number of hydrogen-bond acceptors (Lipinski definition) is 2. The minimum Gasteiger partial charge on any atom is -0.369 e. The number of piperidine rings is 1. The molecule has 0 N–H and O–H groups in total. The molecule has 1 fully saturated rings. The average molecular weight is 221 g/mol. The van der Waals surface area contributed by atoms with Crippen LogP contribution in [0, 0.1) is 5.41 Å². The normalized spacial score (nSPS) is 26.2. The van der Waals surface area contributed by atoms with Crippen molar-refractivity contribution in [3.8, 4) is 0 Å². The zero-order valence-corrected chi connectivity index (χ0v) is 10.8. The van der Waals surface area contributed by atoms with E-state index >= 15 is 0 Å². The summed E-state index contributed by atoms with van der Waals surface area (Å²) in [5, 5.41) is 0. The maximum absolute atomic E-state index is 12.2. The summed E-state index contributed by atoms with van der Waals surface area (Å²) in [5.74, 6) is 0.371. The second-order valence-electron chi connectivity index (χ2n) is 6.12. The molecule has 90 valence electrons. The molecule has 0 aromatic heterocycles. The topological polar surface area (TPSA) is 20.3 Å². The van der Waals surface area contributed by atoms with Crippen molar-refractivity contribution in [2.45, 2.75) is 52.9 Å². The van der Waals surface area contributed by atoms with Crippen LogP contribution in [-0.4, -0.2) is 23.8 Å². The van der Waals surface area contributed by atoms with Gasteiger partial charge in [-0.25, -0.2) is 0 Å². The molecule has 2 heteroatoms. The highest BCUT2D eigenvalue weighted by Crippen LogP contribution is 2.38. The Morgan fingerprint density at radius 3 is 2.25 bits per heavy atom. The fourth-order valence-electron chi connectivity index (χ4n) is 3.18. The van der Waals surface area contributed by atoms with Crippen molar-refractivity contribution in [2.75, 3.05) is 13.1 Å². The lowest BCUT2D eigenvalue weighted by molar-refractivity contribution is -0.119. The van der Waals surface area contributed by atoms with Gasteiger partial charge in [-0.05, 0) is 43.6 Å². The summed E-state index contributed by atoms with van der Waals surface area (Å²) in [5.41, 5.74) is 2.53. The molecular weight excluding hydrogens is 198 g/mol. The van der Waals surface area contributed by atoms with Crippen molar-refractivity contribution in [3.63, 3.8) is 0 Å². The minimum atomic E-state index is 0.167. The summed E-state index contributed by atoms with van der Waals surface area (Å²) in [6.45, 7) is 8.70. The number of rotatable bonds is 1. The number of Topliss-reactive ketones (excluding diaryl/α,β-unsaturated/α-hetero) is 1. The molecular formula is C14H23NO. The molecule has 0 amide bonds. The van der Waals surface area contributed by atoms with Gasteiger partial charge in [0, 0.05) is 19.5 Å². The first kappa shape index (κ1) is 11.7. The van der Waals surface area contributed by atoms with Crippen LogP contribution >= 0.6 is 0 Å². The molecule has 0 unspecified atom stereocenters. The van der Waals surface area contributed by atoms with Crippen molar-refractivity contribution >= 4 is 5.78 Å². The first-order valence-electron chi connectivity index (χ1n) is 6.47. The Morgan fingerprint density at radius 1 is 1.06 bits per heavy atom. The number of hydrogen-bond donors (Lipinski definition) is 0. The van der Waals surface area contributed by atoms with Crippen molar-refractivity contribution in [3.05, 3.63) is 11.3 Å². The number of nitrogens with zero attached hydrogens (tertiary/aromatic N) is 1. The largest absolute Gasteiger partial charge is 0.369 e. The lowest BCUT2D eigenvalue weighted by Crippen LogP contribution is -2.37. The number of carbonyl (C=O) groups is 1. The van der Waals surface area contributed by atoms with E-state index < -0.39 is 0 Å². The molecule has 0 aromatic rings. The van der Waals surface area contributed by atoms with Gasteiger partial charge in [-0.2, -0.15) is 0 Å². The van der Waals surface area contributed by atoms with Crippen LogP contribution in [0.1, 0.15) is 52.9 Å². The van der Waals surface area contributed by atoms with E-state index in [1.165, 1.54) is 24.8 Å². The zero-order valence-electron chi connectivity index (χ0n) is 10.8. The molecule has 16 heavy (non-hydrogen) atoms. The number of carbonyl (C=O) groups excluding carboxylic acids is 1. The molecule has 0 saturated carbocycles. The minimum absolute atomic E-state index is 0.167. The number of ketones is 1. The first-order valence-corrected chi connectivity index (χ1v) is 6.47. The Balaban J connectivity index is 2.21. The monoisotopic (exact) mass is 221 g/mol. The van der Waals surface area contributed by atoms with Crippen molar-refractivity contribution < 1.29 is 4.79 Å². The van der Waals surface area contributed by atoms with Crippen LogP contribution in [0.25, 0.3) is 0 Å². The second kappa shape index (κ2) is 4.23. The summed E-state index contributed by atoms with van der Waals surface area (Å²) in [6.07, 6.45) is 5.60. The number of allylic oxidation sites excluding steroid dienone is 2. The molecule has 0 radical (unpaired) electrons. The molecule has 0 spiro atoms. The van der Waals surface area contributed by atoms with Gasteiger partial charge in [0.05, 0.1) is 5.70 Å². The summed E-state index contributed by atoms with van der Waals surface area (Å²) in [7, 11) is 0. The first-order chi connectivity index (χ1) is 7.49. The maximum Gasteiger partial charge on any atom is 0.179 e. The predicted octanol–water partition coefficient (Wildman–Crippen LogP) is 3.14. The van der Waals surface area contributed by atoms with Crippen molar-refractivity contribution in [1.29, 1.82) is 0 Å². The lowest BCUT2D eigenvalue weighted by Gasteiger charge is -2.38. The molecule has 1 aliphatic heterocycles. The van der Waals surface area contributed by atoms with E-state index in [1.807, 2.05) is 0 Å². The second-order valence-corrected chi connectivity index (χ2v) is 6.12. The average Bonchev–Trinajstić information content (AvgIpc) is 2.16. The molecule has 0 bridgehead atoms. The van der Waals surface area contributed by atoms with Crippen LogP contribution in [0.3, 0.4) is 0 Å².